The van der Waals surface area contributed by atoms with E-state index in [0.29, 0.717) is 5.56 Å². The molecule has 0 radical (unpaired) electrons. The molecule has 0 spiro atoms. The Labute approximate surface area is 90.5 Å². The van der Waals surface area contributed by atoms with Gasteiger partial charge in [0.15, 0.2) is 6.29 Å². The molecule has 2 nitrogen and oxygen atoms in total. The Kier molecular flexibility index (Phi) is 3.59. The van der Waals surface area contributed by atoms with Crippen LogP contribution in [0.3, 0.4) is 0 Å². The lowest BCUT2D eigenvalue weighted by Gasteiger charge is -2.08. The lowest BCUT2D eigenvalue weighted by atomic mass is 9.98. The second-order valence-electron chi connectivity index (χ2n) is 2.79. The van der Waals surface area contributed by atoms with Gasteiger partial charge in [0.05, 0.1) is 0 Å². The highest BCUT2D eigenvalue weighted by Crippen LogP contribution is 2.21. The summed E-state index contributed by atoms with van der Waals surface area (Å²) in [4.78, 5) is 21.3. The monoisotopic (exact) mass is 288 g/mol. The maximum atomic E-state index is 10.7. The van der Waals surface area contributed by atoms with Gasteiger partial charge in [-0.05, 0) is 34.2 Å². The van der Waals surface area contributed by atoms with Gasteiger partial charge in [0.25, 0.3) is 0 Å². The number of carbonyl (C=O) groups is 2. The minimum atomic E-state index is -0.213. The molecule has 0 bridgehead atoms. The van der Waals surface area contributed by atoms with E-state index in [4.69, 9.17) is 0 Å². The number of carbonyl (C=O) groups excluding carboxylic acids is 2. The first-order chi connectivity index (χ1) is 6.20. The highest BCUT2D eigenvalue weighted by Gasteiger charge is 2.10. The van der Waals surface area contributed by atoms with Gasteiger partial charge in [0.2, 0.25) is 0 Å². The Balaban J connectivity index is 3.27. The average Bonchev–Trinajstić information content (AvgIpc) is 2.16. The third kappa shape index (κ3) is 2.15. The molecule has 1 aromatic rings. The van der Waals surface area contributed by atoms with Crippen LogP contribution in [-0.4, -0.2) is 12.6 Å². The van der Waals surface area contributed by atoms with E-state index in [1.165, 1.54) is 0 Å². The van der Waals surface area contributed by atoms with Gasteiger partial charge in [-0.3, -0.25) is 4.79 Å². The largest absolute Gasteiger partial charge is 0.303 e. The van der Waals surface area contributed by atoms with Gasteiger partial charge < -0.3 is 4.79 Å². The molecule has 0 aliphatic rings. The molecule has 0 aromatic heterocycles. The van der Waals surface area contributed by atoms with E-state index in [1.54, 1.807) is 6.92 Å². The minimum Gasteiger partial charge on any atom is -0.303 e. The van der Waals surface area contributed by atoms with Crippen molar-refractivity contribution in [2.75, 3.05) is 0 Å². The van der Waals surface area contributed by atoms with Crippen molar-refractivity contribution in [3.63, 3.8) is 0 Å². The van der Waals surface area contributed by atoms with Gasteiger partial charge in [-0.15, -0.1) is 0 Å². The molecule has 0 amide bonds. The molecule has 68 valence electrons. The van der Waals surface area contributed by atoms with Crippen molar-refractivity contribution in [3.8, 4) is 0 Å². The summed E-state index contributed by atoms with van der Waals surface area (Å²) in [5.74, 6) is -0.213. The van der Waals surface area contributed by atoms with E-state index in [9.17, 15) is 9.59 Å². The van der Waals surface area contributed by atoms with Crippen LogP contribution in [0.1, 0.15) is 28.8 Å². The number of hydrogen-bond acceptors (Lipinski definition) is 2. The lowest BCUT2D eigenvalue weighted by molar-refractivity contribution is -0.108. The maximum Gasteiger partial charge on any atom is 0.151 e. The van der Waals surface area contributed by atoms with Crippen molar-refractivity contribution in [1.82, 2.24) is 0 Å². The zero-order chi connectivity index (χ0) is 9.84. The van der Waals surface area contributed by atoms with Gasteiger partial charge >= 0.3 is 0 Å². The molecule has 1 aromatic carbocycles. The molecule has 0 aliphatic heterocycles. The fraction of sp³-hybridized carbons (Fsp3) is 0.200. The Morgan fingerprint density at radius 2 is 2.08 bits per heavy atom. The number of halogens is 1. The van der Waals surface area contributed by atoms with E-state index in [-0.39, 0.29) is 5.92 Å². The van der Waals surface area contributed by atoms with Crippen LogP contribution in [0.2, 0.25) is 0 Å². The third-order valence-electron chi connectivity index (χ3n) is 1.90. The SMILES string of the molecule is CC(C=O)c1cccc(I)c1C=O. The molecule has 1 unspecified atom stereocenters. The van der Waals surface area contributed by atoms with Crippen LogP contribution in [0.15, 0.2) is 18.2 Å². The third-order valence-corrected chi connectivity index (χ3v) is 2.84. The number of aldehydes is 2. The molecule has 0 heterocycles. The van der Waals surface area contributed by atoms with Crippen molar-refractivity contribution in [3.05, 3.63) is 32.9 Å². The fourth-order valence-corrected chi connectivity index (χ4v) is 1.79. The summed E-state index contributed by atoms with van der Waals surface area (Å²) in [6.07, 6.45) is 1.65. The molecule has 0 saturated carbocycles. The molecular formula is C10H9IO2. The summed E-state index contributed by atoms with van der Waals surface area (Å²) >= 11 is 2.09. The van der Waals surface area contributed by atoms with Gasteiger partial charge in [-0.1, -0.05) is 19.1 Å². The lowest BCUT2D eigenvalue weighted by Crippen LogP contribution is -2.01. The molecule has 1 atom stereocenters. The number of hydrogen-bond donors (Lipinski definition) is 0. The summed E-state index contributed by atoms with van der Waals surface area (Å²) in [7, 11) is 0. The number of rotatable bonds is 3. The molecule has 0 fully saturated rings. The highest BCUT2D eigenvalue weighted by molar-refractivity contribution is 14.1. The van der Waals surface area contributed by atoms with Gasteiger partial charge in [-0.2, -0.15) is 0 Å². The minimum absolute atomic E-state index is 0.213. The van der Waals surface area contributed by atoms with Crippen molar-refractivity contribution in [2.45, 2.75) is 12.8 Å². The van der Waals surface area contributed by atoms with Crippen LogP contribution in [0.5, 0.6) is 0 Å². The van der Waals surface area contributed by atoms with Crippen molar-refractivity contribution >= 4 is 35.2 Å². The van der Waals surface area contributed by atoms with E-state index in [0.717, 1.165) is 21.7 Å². The van der Waals surface area contributed by atoms with Gasteiger partial charge in [-0.25, -0.2) is 0 Å². The predicted molar refractivity (Wildman–Crippen MR) is 59.0 cm³/mol. The summed E-state index contributed by atoms with van der Waals surface area (Å²) in [5.41, 5.74) is 1.43. The van der Waals surface area contributed by atoms with Crippen LogP contribution in [0.25, 0.3) is 0 Å². The first-order valence-corrected chi connectivity index (χ1v) is 4.97. The van der Waals surface area contributed by atoms with Crippen LogP contribution < -0.4 is 0 Å². The zero-order valence-corrected chi connectivity index (χ0v) is 9.32. The van der Waals surface area contributed by atoms with Crippen LogP contribution in [-0.2, 0) is 4.79 Å². The smallest absolute Gasteiger partial charge is 0.151 e. The molecule has 13 heavy (non-hydrogen) atoms. The summed E-state index contributed by atoms with van der Waals surface area (Å²) in [6, 6.07) is 5.51. The van der Waals surface area contributed by atoms with Gasteiger partial charge in [0.1, 0.15) is 6.29 Å². The van der Waals surface area contributed by atoms with Crippen molar-refractivity contribution in [1.29, 1.82) is 0 Å². The van der Waals surface area contributed by atoms with E-state index < -0.39 is 0 Å². The first-order valence-electron chi connectivity index (χ1n) is 3.89. The molecule has 0 N–H and O–H groups in total. The Hall–Kier alpha value is -0.710. The van der Waals surface area contributed by atoms with Crippen molar-refractivity contribution in [2.24, 2.45) is 0 Å². The van der Waals surface area contributed by atoms with Crippen LogP contribution in [0, 0.1) is 3.57 Å². The maximum absolute atomic E-state index is 10.7. The van der Waals surface area contributed by atoms with Crippen LogP contribution >= 0.6 is 22.6 Å². The van der Waals surface area contributed by atoms with E-state index in [2.05, 4.69) is 22.6 Å². The average molecular weight is 288 g/mol. The second kappa shape index (κ2) is 4.50. The van der Waals surface area contributed by atoms with Crippen LogP contribution in [0.4, 0.5) is 0 Å². The number of benzene rings is 1. The Morgan fingerprint density at radius 1 is 1.38 bits per heavy atom. The quantitative estimate of drug-likeness (QED) is 0.632. The second-order valence-corrected chi connectivity index (χ2v) is 3.95. The van der Waals surface area contributed by atoms with E-state index >= 15 is 0 Å². The Bertz CT molecular complexity index is 334. The molecule has 1 rings (SSSR count). The molecular weight excluding hydrogens is 279 g/mol. The molecule has 0 saturated heterocycles. The predicted octanol–water partition coefficient (Wildman–Crippen LogP) is 2.41. The highest BCUT2D eigenvalue weighted by atomic mass is 127. The summed E-state index contributed by atoms with van der Waals surface area (Å²) in [5, 5.41) is 0. The summed E-state index contributed by atoms with van der Waals surface area (Å²) in [6.45, 7) is 1.78. The van der Waals surface area contributed by atoms with E-state index in [1.807, 2.05) is 18.2 Å². The standard InChI is InChI=1S/C10H9IO2/c1-7(5-12)8-3-2-4-10(11)9(8)6-13/h2-7H,1H3. The molecule has 3 heteroatoms. The van der Waals surface area contributed by atoms with Crippen molar-refractivity contribution < 1.29 is 9.59 Å². The van der Waals surface area contributed by atoms with Gasteiger partial charge in [0, 0.05) is 15.1 Å². The Morgan fingerprint density at radius 3 is 2.62 bits per heavy atom. The fourth-order valence-electron chi connectivity index (χ4n) is 1.15. The zero-order valence-electron chi connectivity index (χ0n) is 7.16. The topological polar surface area (TPSA) is 34.1 Å². The molecule has 0 aliphatic carbocycles. The normalized spacial score (nSPS) is 12.2. The first kappa shape index (κ1) is 10.4. The summed E-state index contributed by atoms with van der Waals surface area (Å²) < 4.78 is 0.888.